The van der Waals surface area contributed by atoms with Crippen LogP contribution >= 0.6 is 0 Å². The molecule has 0 unspecified atom stereocenters. The summed E-state index contributed by atoms with van der Waals surface area (Å²) in [7, 11) is 0. The van der Waals surface area contributed by atoms with Crippen molar-refractivity contribution in [3.05, 3.63) is 144 Å². The highest BCUT2D eigenvalue weighted by Crippen LogP contribution is 2.26. The van der Waals surface area contributed by atoms with E-state index in [1.54, 1.807) is 0 Å². The summed E-state index contributed by atoms with van der Waals surface area (Å²) >= 11 is 0. The van der Waals surface area contributed by atoms with Crippen LogP contribution in [-0.4, -0.2) is 6.15 Å². The van der Waals surface area contributed by atoms with Crippen LogP contribution in [0.1, 0.15) is 22.3 Å². The van der Waals surface area contributed by atoms with Gasteiger partial charge in [0.1, 0.15) is 0 Å². The van der Waals surface area contributed by atoms with Crippen molar-refractivity contribution in [3.8, 4) is 0 Å². The first-order chi connectivity index (χ1) is 14.3. The molecule has 0 bridgehead atoms. The zero-order valence-electron chi connectivity index (χ0n) is 17.0. The van der Waals surface area contributed by atoms with Gasteiger partial charge in [0, 0.05) is 6.15 Å². The number of rotatable bonds is 8. The molecule has 0 aliphatic heterocycles. The predicted molar refractivity (Wildman–Crippen MR) is 126 cm³/mol. The highest BCUT2D eigenvalue weighted by Gasteiger charge is 2.26. The smallest absolute Gasteiger partial charge is 0.0190 e. The molecule has 29 heavy (non-hydrogen) atoms. The zero-order valence-corrected chi connectivity index (χ0v) is 17.0. The quantitative estimate of drug-likeness (QED) is 0.306. The second-order valence-corrected chi connectivity index (χ2v) is 8.49. The maximum Gasteiger partial charge on any atom is 0.0190 e. The Morgan fingerprint density at radius 2 is 0.517 bits per heavy atom. The molecule has 4 aromatic rings. The largest absolute Gasteiger partial charge is 0.152 e. The van der Waals surface area contributed by atoms with Gasteiger partial charge in [-0.3, -0.25) is 0 Å². The van der Waals surface area contributed by atoms with Crippen LogP contribution in [-0.2, 0) is 25.3 Å². The topological polar surface area (TPSA) is 0 Å². The van der Waals surface area contributed by atoms with Crippen LogP contribution in [0.5, 0.6) is 0 Å². The molecule has 0 N–H and O–H groups in total. The van der Waals surface area contributed by atoms with Gasteiger partial charge >= 0.3 is 0 Å². The molecule has 0 aromatic heterocycles. The van der Waals surface area contributed by atoms with E-state index in [0.717, 1.165) is 25.3 Å². The van der Waals surface area contributed by atoms with Crippen LogP contribution in [0.3, 0.4) is 0 Å². The standard InChI is InChI=1S/C28H28B/c1-5-13-25(14-6-1)21-29(22-26-15-7-2-8-16-26,23-27-17-9-3-10-18-27)24-28-19-11-4-12-20-28/h1-20H,21-24H2/q-1. The fraction of sp³-hybridized carbons (Fsp3) is 0.143. The van der Waals surface area contributed by atoms with Crippen molar-refractivity contribution < 1.29 is 0 Å². The Morgan fingerprint density at radius 3 is 0.724 bits per heavy atom. The number of hydrogen-bond donors (Lipinski definition) is 0. The average Bonchev–Trinajstić information content (AvgIpc) is 2.76. The lowest BCUT2D eigenvalue weighted by Gasteiger charge is -2.41. The van der Waals surface area contributed by atoms with Gasteiger partial charge in [-0.05, 0) is 0 Å². The molecule has 0 atom stereocenters. The summed E-state index contributed by atoms with van der Waals surface area (Å²) < 4.78 is 0. The Hall–Kier alpha value is -3.06. The summed E-state index contributed by atoms with van der Waals surface area (Å²) in [6.07, 6.45) is 3.77. The first-order valence-corrected chi connectivity index (χ1v) is 10.7. The predicted octanol–water partition coefficient (Wildman–Crippen LogP) is 6.56. The Kier molecular flexibility index (Phi) is 6.27. The van der Waals surface area contributed by atoms with E-state index in [9.17, 15) is 0 Å². The first-order valence-electron chi connectivity index (χ1n) is 10.7. The van der Waals surface area contributed by atoms with Crippen LogP contribution in [0, 0.1) is 0 Å². The summed E-state index contributed by atoms with van der Waals surface area (Å²) in [5.74, 6) is 0. The summed E-state index contributed by atoms with van der Waals surface area (Å²) in [6.45, 7) is 0. The minimum absolute atomic E-state index is 0.727. The summed E-state index contributed by atoms with van der Waals surface area (Å²) in [6, 6.07) is 44.1. The van der Waals surface area contributed by atoms with E-state index in [2.05, 4.69) is 121 Å². The van der Waals surface area contributed by atoms with Crippen LogP contribution < -0.4 is 0 Å². The van der Waals surface area contributed by atoms with Crippen LogP contribution in [0.25, 0.3) is 0 Å². The lowest BCUT2D eigenvalue weighted by atomic mass is 9.16. The number of hydrogen-bond acceptors (Lipinski definition) is 0. The van der Waals surface area contributed by atoms with Gasteiger partial charge in [0.25, 0.3) is 0 Å². The van der Waals surface area contributed by atoms with E-state index in [0.29, 0.717) is 0 Å². The van der Waals surface area contributed by atoms with Gasteiger partial charge in [-0.25, -0.2) is 0 Å². The third kappa shape index (κ3) is 5.48. The molecule has 0 amide bonds. The molecule has 0 radical (unpaired) electrons. The molecule has 0 aliphatic carbocycles. The molecule has 0 saturated heterocycles. The second kappa shape index (κ2) is 9.43. The van der Waals surface area contributed by atoms with Gasteiger partial charge in [-0.15, -0.1) is 0 Å². The van der Waals surface area contributed by atoms with Gasteiger partial charge < -0.3 is 0 Å². The van der Waals surface area contributed by atoms with Gasteiger partial charge in [0.2, 0.25) is 0 Å². The maximum atomic E-state index is 2.29. The monoisotopic (exact) mass is 375 g/mol. The molecular formula is C28H28B-. The molecule has 0 spiro atoms. The molecule has 4 rings (SSSR count). The molecule has 0 nitrogen and oxygen atoms in total. The van der Waals surface area contributed by atoms with Crippen LogP contribution in [0.15, 0.2) is 121 Å². The van der Waals surface area contributed by atoms with Crippen molar-refractivity contribution in [1.82, 2.24) is 0 Å². The van der Waals surface area contributed by atoms with Crippen molar-refractivity contribution in [2.75, 3.05) is 0 Å². The molecule has 0 saturated carbocycles. The maximum absolute atomic E-state index is 2.29. The Morgan fingerprint density at radius 1 is 0.310 bits per heavy atom. The van der Waals surface area contributed by atoms with Gasteiger partial charge in [0.15, 0.2) is 0 Å². The summed E-state index contributed by atoms with van der Waals surface area (Å²) in [5, 5.41) is 0. The molecule has 0 aliphatic rings. The molecule has 0 heterocycles. The third-order valence-electron chi connectivity index (χ3n) is 6.05. The Labute approximate surface area is 175 Å². The average molecular weight is 375 g/mol. The van der Waals surface area contributed by atoms with Crippen molar-refractivity contribution in [2.45, 2.75) is 25.3 Å². The van der Waals surface area contributed by atoms with Crippen molar-refractivity contribution in [3.63, 3.8) is 0 Å². The summed E-state index contributed by atoms with van der Waals surface area (Å²) in [5.41, 5.74) is 5.76. The molecular weight excluding hydrogens is 347 g/mol. The van der Waals surface area contributed by atoms with E-state index in [-0.39, 0.29) is 0 Å². The molecule has 1 heteroatoms. The minimum Gasteiger partial charge on any atom is -0.152 e. The lowest BCUT2D eigenvalue weighted by molar-refractivity contribution is 1.06. The minimum atomic E-state index is -0.727. The van der Waals surface area contributed by atoms with Gasteiger partial charge in [0.05, 0.1) is 0 Å². The second-order valence-electron chi connectivity index (χ2n) is 8.49. The fourth-order valence-corrected chi connectivity index (χ4v) is 4.89. The molecule has 0 fully saturated rings. The summed E-state index contributed by atoms with van der Waals surface area (Å²) in [4.78, 5) is 0. The zero-order chi connectivity index (χ0) is 19.8. The Balaban J connectivity index is 1.75. The highest BCUT2D eigenvalue weighted by atomic mass is 14.1. The van der Waals surface area contributed by atoms with Crippen molar-refractivity contribution >= 4 is 6.15 Å². The van der Waals surface area contributed by atoms with Gasteiger partial charge in [-0.1, -0.05) is 144 Å². The SMILES string of the molecule is c1ccc(C[B-](Cc2ccccc2)(Cc2ccccc2)Cc2ccccc2)cc1. The van der Waals surface area contributed by atoms with Gasteiger partial charge in [-0.2, -0.15) is 25.3 Å². The normalized spacial score (nSPS) is 11.3. The molecule has 144 valence electrons. The van der Waals surface area contributed by atoms with E-state index >= 15 is 0 Å². The van der Waals surface area contributed by atoms with E-state index < -0.39 is 6.15 Å². The van der Waals surface area contributed by atoms with E-state index in [1.807, 2.05) is 0 Å². The van der Waals surface area contributed by atoms with Crippen LogP contribution in [0.2, 0.25) is 0 Å². The first kappa shape index (κ1) is 19.3. The van der Waals surface area contributed by atoms with Crippen LogP contribution in [0.4, 0.5) is 0 Å². The van der Waals surface area contributed by atoms with Crippen molar-refractivity contribution in [1.29, 1.82) is 0 Å². The van der Waals surface area contributed by atoms with E-state index in [1.165, 1.54) is 22.3 Å². The fourth-order valence-electron chi connectivity index (χ4n) is 4.89. The van der Waals surface area contributed by atoms with Crippen molar-refractivity contribution in [2.24, 2.45) is 0 Å². The Bertz CT molecular complexity index is 808. The highest BCUT2D eigenvalue weighted by molar-refractivity contribution is 6.77. The van der Waals surface area contributed by atoms with E-state index in [4.69, 9.17) is 0 Å². The number of benzene rings is 4. The molecule has 4 aromatic carbocycles. The third-order valence-corrected chi connectivity index (χ3v) is 6.05. The lowest BCUT2D eigenvalue weighted by Crippen LogP contribution is -2.46.